The van der Waals surface area contributed by atoms with E-state index < -0.39 is 0 Å². The Balaban J connectivity index is 1.85. The van der Waals surface area contributed by atoms with Gasteiger partial charge in [-0.3, -0.25) is 0 Å². The van der Waals surface area contributed by atoms with Crippen molar-refractivity contribution in [1.29, 1.82) is 0 Å². The van der Waals surface area contributed by atoms with Crippen LogP contribution >= 0.6 is 0 Å². The zero-order chi connectivity index (χ0) is 13.9. The Morgan fingerprint density at radius 3 is 2.35 bits per heavy atom. The van der Waals surface area contributed by atoms with Crippen LogP contribution in [0, 0.1) is 0 Å². The van der Waals surface area contributed by atoms with Gasteiger partial charge < -0.3 is 15.5 Å². The summed E-state index contributed by atoms with van der Waals surface area (Å²) >= 11 is 0. The second-order valence-corrected chi connectivity index (χ2v) is 5.88. The first-order valence-electron chi connectivity index (χ1n) is 7.77. The summed E-state index contributed by atoms with van der Waals surface area (Å²) in [6, 6.07) is 0.486. The van der Waals surface area contributed by atoms with Crippen molar-refractivity contribution in [3.05, 3.63) is 0 Å². The number of aromatic nitrogens is 3. The van der Waals surface area contributed by atoms with Gasteiger partial charge in [0.05, 0.1) is 0 Å². The Morgan fingerprint density at radius 1 is 0.900 bits per heavy atom. The quantitative estimate of drug-likeness (QED) is 0.888. The van der Waals surface area contributed by atoms with E-state index in [4.69, 9.17) is 5.73 Å². The first-order chi connectivity index (χ1) is 9.74. The minimum absolute atomic E-state index is 0.341. The Kier molecular flexibility index (Phi) is 3.89. The third-order valence-electron chi connectivity index (χ3n) is 4.33. The van der Waals surface area contributed by atoms with E-state index >= 15 is 0 Å². The van der Waals surface area contributed by atoms with Crippen LogP contribution in [0.1, 0.15) is 45.4 Å². The van der Waals surface area contributed by atoms with Crippen molar-refractivity contribution >= 4 is 17.8 Å². The maximum absolute atomic E-state index is 5.90. The van der Waals surface area contributed by atoms with Gasteiger partial charge in [0.15, 0.2) is 0 Å². The van der Waals surface area contributed by atoms with Gasteiger partial charge >= 0.3 is 0 Å². The molecule has 2 N–H and O–H groups in total. The highest BCUT2D eigenvalue weighted by Gasteiger charge is 2.23. The molecule has 6 heteroatoms. The largest absolute Gasteiger partial charge is 0.368 e. The Labute approximate surface area is 120 Å². The van der Waals surface area contributed by atoms with Gasteiger partial charge in [-0.2, -0.15) is 15.0 Å². The van der Waals surface area contributed by atoms with Crippen LogP contribution in [-0.2, 0) is 0 Å². The predicted octanol–water partition coefficient (Wildman–Crippen LogP) is 1.82. The topological polar surface area (TPSA) is 71.2 Å². The van der Waals surface area contributed by atoms with Crippen LogP contribution in [0.15, 0.2) is 0 Å². The summed E-state index contributed by atoms with van der Waals surface area (Å²) in [5.74, 6) is 1.85. The molecule has 3 rings (SSSR count). The van der Waals surface area contributed by atoms with E-state index in [1.165, 1.54) is 38.5 Å². The molecular weight excluding hydrogens is 252 g/mol. The predicted molar refractivity (Wildman–Crippen MR) is 81.0 cm³/mol. The number of nitrogens with two attached hydrogens (primary N) is 1. The van der Waals surface area contributed by atoms with E-state index in [-0.39, 0.29) is 0 Å². The fraction of sp³-hybridized carbons (Fsp3) is 0.786. The summed E-state index contributed by atoms with van der Waals surface area (Å²) in [4.78, 5) is 17.9. The number of nitrogens with zero attached hydrogens (tertiary/aromatic N) is 5. The lowest BCUT2D eigenvalue weighted by atomic mass is 10.0. The number of hydrogen-bond acceptors (Lipinski definition) is 6. The summed E-state index contributed by atoms with van der Waals surface area (Å²) in [5.41, 5.74) is 5.90. The van der Waals surface area contributed by atoms with Crippen molar-refractivity contribution in [2.24, 2.45) is 0 Å². The van der Waals surface area contributed by atoms with Crippen molar-refractivity contribution in [1.82, 2.24) is 15.0 Å². The molecule has 1 unspecified atom stereocenters. The Hall–Kier alpha value is -1.59. The van der Waals surface area contributed by atoms with Crippen LogP contribution in [-0.4, -0.2) is 40.6 Å². The summed E-state index contributed by atoms with van der Waals surface area (Å²) in [7, 11) is 0. The van der Waals surface area contributed by atoms with Gasteiger partial charge in [-0.05, 0) is 45.4 Å². The maximum Gasteiger partial charge on any atom is 0.232 e. The standard InChI is InChI=1S/C14H24N6/c1-11-7-3-6-10-20(11)14-17-12(15)16-13(18-14)19-8-4-2-5-9-19/h11H,2-10H2,1H3,(H2,15,16,17,18). The van der Waals surface area contributed by atoms with E-state index in [2.05, 4.69) is 31.7 Å². The van der Waals surface area contributed by atoms with E-state index in [1.807, 2.05) is 0 Å². The zero-order valence-electron chi connectivity index (χ0n) is 12.3. The van der Waals surface area contributed by atoms with Gasteiger partial charge in [-0.15, -0.1) is 0 Å². The van der Waals surface area contributed by atoms with Crippen LogP contribution < -0.4 is 15.5 Å². The number of anilines is 3. The van der Waals surface area contributed by atoms with Crippen LogP contribution in [0.5, 0.6) is 0 Å². The molecule has 1 aromatic heterocycles. The monoisotopic (exact) mass is 276 g/mol. The third-order valence-corrected chi connectivity index (χ3v) is 4.33. The first-order valence-corrected chi connectivity index (χ1v) is 7.77. The minimum Gasteiger partial charge on any atom is -0.368 e. The molecule has 110 valence electrons. The molecule has 20 heavy (non-hydrogen) atoms. The number of piperidine rings is 2. The molecule has 2 saturated heterocycles. The second-order valence-electron chi connectivity index (χ2n) is 5.88. The molecular formula is C14H24N6. The number of hydrogen-bond donors (Lipinski definition) is 1. The molecule has 0 aromatic carbocycles. The second kappa shape index (κ2) is 5.81. The maximum atomic E-state index is 5.90. The van der Waals surface area contributed by atoms with E-state index in [0.717, 1.165) is 31.5 Å². The van der Waals surface area contributed by atoms with Crippen LogP contribution in [0.3, 0.4) is 0 Å². The van der Waals surface area contributed by atoms with Crippen LogP contribution in [0.2, 0.25) is 0 Å². The molecule has 0 aliphatic carbocycles. The van der Waals surface area contributed by atoms with Crippen molar-refractivity contribution in [2.75, 3.05) is 35.2 Å². The molecule has 0 radical (unpaired) electrons. The van der Waals surface area contributed by atoms with Crippen LogP contribution in [0.25, 0.3) is 0 Å². The highest BCUT2D eigenvalue weighted by molar-refractivity contribution is 5.44. The molecule has 6 nitrogen and oxygen atoms in total. The minimum atomic E-state index is 0.341. The highest BCUT2D eigenvalue weighted by atomic mass is 15.4. The molecule has 3 heterocycles. The molecule has 0 amide bonds. The normalized spacial score (nSPS) is 23.9. The molecule has 0 bridgehead atoms. The summed E-state index contributed by atoms with van der Waals surface area (Å²) < 4.78 is 0. The van der Waals surface area contributed by atoms with Gasteiger partial charge in [0.2, 0.25) is 17.8 Å². The van der Waals surface area contributed by atoms with E-state index in [9.17, 15) is 0 Å². The highest BCUT2D eigenvalue weighted by Crippen LogP contribution is 2.24. The first kappa shape index (κ1) is 13.4. The summed E-state index contributed by atoms with van der Waals surface area (Å²) in [5, 5.41) is 0. The smallest absolute Gasteiger partial charge is 0.232 e. The summed E-state index contributed by atoms with van der Waals surface area (Å²) in [6.07, 6.45) is 7.41. The summed E-state index contributed by atoms with van der Waals surface area (Å²) in [6.45, 7) is 5.31. The van der Waals surface area contributed by atoms with Gasteiger partial charge in [-0.1, -0.05) is 0 Å². The van der Waals surface area contributed by atoms with Crippen molar-refractivity contribution < 1.29 is 0 Å². The SMILES string of the molecule is CC1CCCCN1c1nc(N)nc(N2CCCCC2)n1. The molecule has 0 spiro atoms. The van der Waals surface area contributed by atoms with Gasteiger partial charge in [-0.25, -0.2) is 0 Å². The fourth-order valence-corrected chi connectivity index (χ4v) is 3.13. The lowest BCUT2D eigenvalue weighted by Gasteiger charge is -2.34. The lowest BCUT2D eigenvalue weighted by Crippen LogP contribution is -2.39. The lowest BCUT2D eigenvalue weighted by molar-refractivity contribution is 0.476. The number of nitrogen functional groups attached to an aromatic ring is 1. The van der Waals surface area contributed by atoms with E-state index in [0.29, 0.717) is 12.0 Å². The van der Waals surface area contributed by atoms with Crippen molar-refractivity contribution in [3.8, 4) is 0 Å². The Morgan fingerprint density at radius 2 is 1.60 bits per heavy atom. The Bertz CT molecular complexity index is 457. The molecule has 1 aromatic rings. The van der Waals surface area contributed by atoms with Gasteiger partial charge in [0, 0.05) is 25.7 Å². The third kappa shape index (κ3) is 2.78. The van der Waals surface area contributed by atoms with E-state index in [1.54, 1.807) is 0 Å². The van der Waals surface area contributed by atoms with Gasteiger partial charge in [0.1, 0.15) is 0 Å². The molecule has 2 fully saturated rings. The number of rotatable bonds is 2. The fourth-order valence-electron chi connectivity index (χ4n) is 3.13. The molecule has 0 saturated carbocycles. The molecule has 2 aliphatic heterocycles. The van der Waals surface area contributed by atoms with Gasteiger partial charge in [0.25, 0.3) is 0 Å². The molecule has 2 aliphatic rings. The van der Waals surface area contributed by atoms with Crippen molar-refractivity contribution in [3.63, 3.8) is 0 Å². The zero-order valence-corrected chi connectivity index (χ0v) is 12.3. The van der Waals surface area contributed by atoms with Crippen LogP contribution in [0.4, 0.5) is 17.8 Å². The van der Waals surface area contributed by atoms with Crippen molar-refractivity contribution in [2.45, 2.75) is 51.5 Å². The molecule has 1 atom stereocenters. The average Bonchev–Trinajstić information content (AvgIpc) is 2.48. The average molecular weight is 276 g/mol.